The minimum Gasteiger partial charge on any atom is -0.497 e. The number of aryl methyl sites for hydroxylation is 1. The maximum absolute atomic E-state index is 5.78. The molecule has 3 rings (SSSR count). The molecular formula is C18H27NO2. The second kappa shape index (κ2) is 6.80. The van der Waals surface area contributed by atoms with Crippen molar-refractivity contribution in [2.24, 2.45) is 5.92 Å². The fourth-order valence-electron chi connectivity index (χ4n) is 3.73. The molecule has 1 heterocycles. The number of benzene rings is 1. The Kier molecular flexibility index (Phi) is 4.81. The Morgan fingerprint density at radius 2 is 2.19 bits per heavy atom. The highest BCUT2D eigenvalue weighted by molar-refractivity contribution is 5.37. The van der Waals surface area contributed by atoms with Gasteiger partial charge in [0, 0.05) is 19.2 Å². The third kappa shape index (κ3) is 3.41. The Balaban J connectivity index is 1.56. The second-order valence-corrected chi connectivity index (χ2v) is 6.35. The van der Waals surface area contributed by atoms with E-state index in [1.165, 1.54) is 30.4 Å². The van der Waals surface area contributed by atoms with Crippen LogP contribution in [0.15, 0.2) is 18.2 Å². The van der Waals surface area contributed by atoms with Crippen molar-refractivity contribution in [3.63, 3.8) is 0 Å². The molecule has 0 aromatic heterocycles. The third-order valence-electron chi connectivity index (χ3n) is 5.06. The molecule has 3 heteroatoms. The molecule has 1 aromatic rings. The zero-order valence-corrected chi connectivity index (χ0v) is 13.2. The van der Waals surface area contributed by atoms with Crippen LogP contribution >= 0.6 is 0 Å². The average molecular weight is 289 g/mol. The van der Waals surface area contributed by atoms with Crippen molar-refractivity contribution >= 4 is 0 Å². The normalized spacial score (nSPS) is 28.4. The Morgan fingerprint density at radius 1 is 1.29 bits per heavy atom. The highest BCUT2D eigenvalue weighted by Gasteiger charge is 2.27. The van der Waals surface area contributed by atoms with Crippen LogP contribution in [0.2, 0.25) is 0 Å². The lowest BCUT2D eigenvalue weighted by molar-refractivity contribution is 0.0864. The van der Waals surface area contributed by atoms with Gasteiger partial charge in [-0.2, -0.15) is 0 Å². The van der Waals surface area contributed by atoms with E-state index < -0.39 is 0 Å². The van der Waals surface area contributed by atoms with Gasteiger partial charge in [0.2, 0.25) is 0 Å². The van der Waals surface area contributed by atoms with E-state index in [0.717, 1.165) is 31.7 Å². The molecular weight excluding hydrogens is 262 g/mol. The maximum Gasteiger partial charge on any atom is 0.119 e. The molecule has 3 atom stereocenters. The second-order valence-electron chi connectivity index (χ2n) is 6.35. The molecule has 21 heavy (non-hydrogen) atoms. The van der Waals surface area contributed by atoms with Gasteiger partial charge in [-0.25, -0.2) is 0 Å². The lowest BCUT2D eigenvalue weighted by Gasteiger charge is -2.28. The summed E-state index contributed by atoms with van der Waals surface area (Å²) in [4.78, 5) is 0. The molecule has 0 saturated carbocycles. The topological polar surface area (TPSA) is 30.5 Å². The summed E-state index contributed by atoms with van der Waals surface area (Å²) < 4.78 is 11.1. The quantitative estimate of drug-likeness (QED) is 0.904. The average Bonchev–Trinajstić information content (AvgIpc) is 2.99. The van der Waals surface area contributed by atoms with Gasteiger partial charge in [-0.1, -0.05) is 13.0 Å². The molecule has 0 bridgehead atoms. The van der Waals surface area contributed by atoms with Gasteiger partial charge in [-0.3, -0.25) is 0 Å². The Labute approximate surface area is 128 Å². The lowest BCUT2D eigenvalue weighted by Crippen LogP contribution is -2.39. The summed E-state index contributed by atoms with van der Waals surface area (Å²) in [6.07, 6.45) is 6.35. The molecule has 3 unspecified atom stereocenters. The van der Waals surface area contributed by atoms with Gasteiger partial charge in [0.1, 0.15) is 5.75 Å². The third-order valence-corrected chi connectivity index (χ3v) is 5.06. The lowest BCUT2D eigenvalue weighted by atomic mass is 9.87. The number of methoxy groups -OCH3 is 1. The molecule has 1 N–H and O–H groups in total. The fraction of sp³-hybridized carbons (Fsp3) is 0.667. The highest BCUT2D eigenvalue weighted by Crippen LogP contribution is 2.27. The Morgan fingerprint density at radius 3 is 3.00 bits per heavy atom. The summed E-state index contributed by atoms with van der Waals surface area (Å²) >= 11 is 0. The van der Waals surface area contributed by atoms with Crippen LogP contribution in [0, 0.1) is 5.92 Å². The minimum atomic E-state index is 0.466. The molecule has 3 nitrogen and oxygen atoms in total. The zero-order valence-electron chi connectivity index (χ0n) is 13.2. The summed E-state index contributed by atoms with van der Waals surface area (Å²) in [5.41, 5.74) is 2.94. The van der Waals surface area contributed by atoms with Crippen molar-refractivity contribution in [2.45, 2.75) is 51.2 Å². The number of nitrogens with one attached hydrogen (secondary N) is 1. The molecule has 0 amide bonds. The monoisotopic (exact) mass is 289 g/mol. The summed E-state index contributed by atoms with van der Waals surface area (Å²) in [5, 5.41) is 3.79. The number of rotatable bonds is 5. The number of fused-ring (bicyclic) bond motifs is 1. The van der Waals surface area contributed by atoms with Crippen LogP contribution in [0.5, 0.6) is 5.75 Å². The van der Waals surface area contributed by atoms with E-state index in [2.05, 4.69) is 30.4 Å². The van der Waals surface area contributed by atoms with E-state index >= 15 is 0 Å². The number of hydrogen-bond acceptors (Lipinski definition) is 3. The molecule has 116 valence electrons. The number of hydrogen-bond donors (Lipinski definition) is 1. The van der Waals surface area contributed by atoms with Crippen LogP contribution in [-0.4, -0.2) is 32.4 Å². The molecule has 1 saturated heterocycles. The molecule has 1 aliphatic heterocycles. The minimum absolute atomic E-state index is 0.466. The summed E-state index contributed by atoms with van der Waals surface area (Å²) in [6.45, 7) is 4.27. The smallest absolute Gasteiger partial charge is 0.119 e. The van der Waals surface area contributed by atoms with Crippen LogP contribution in [-0.2, 0) is 17.6 Å². The van der Waals surface area contributed by atoms with Crippen molar-refractivity contribution in [1.29, 1.82) is 0 Å². The molecule has 1 aromatic carbocycles. The molecule has 1 fully saturated rings. The fourth-order valence-corrected chi connectivity index (χ4v) is 3.73. The standard InChI is InChI=1S/C18H27NO2/c1-3-18-14(8-9-21-18)12-19-16-6-4-13-5-7-17(20-2)11-15(13)10-16/h5,7,11,14,16,18-19H,3-4,6,8-10,12H2,1-2H3. The SMILES string of the molecule is CCC1OCCC1CNC1CCc2ccc(OC)cc2C1. The predicted octanol–water partition coefficient (Wildman–Crippen LogP) is 2.96. The van der Waals surface area contributed by atoms with Crippen LogP contribution in [0.1, 0.15) is 37.3 Å². The molecule has 1 aliphatic carbocycles. The van der Waals surface area contributed by atoms with Crippen molar-refractivity contribution in [2.75, 3.05) is 20.3 Å². The molecule has 0 spiro atoms. The van der Waals surface area contributed by atoms with E-state index in [1.807, 2.05) is 0 Å². The van der Waals surface area contributed by atoms with Gasteiger partial charge in [0.05, 0.1) is 13.2 Å². The Hall–Kier alpha value is -1.06. The summed E-state index contributed by atoms with van der Waals surface area (Å²) in [7, 11) is 1.74. The van der Waals surface area contributed by atoms with E-state index in [9.17, 15) is 0 Å². The van der Waals surface area contributed by atoms with E-state index in [-0.39, 0.29) is 0 Å². The largest absolute Gasteiger partial charge is 0.497 e. The van der Waals surface area contributed by atoms with Crippen LogP contribution in [0.4, 0.5) is 0 Å². The first kappa shape index (κ1) is 14.9. The number of ether oxygens (including phenoxy) is 2. The first-order valence-electron chi connectivity index (χ1n) is 8.31. The van der Waals surface area contributed by atoms with Gasteiger partial charge < -0.3 is 14.8 Å². The zero-order chi connectivity index (χ0) is 14.7. The van der Waals surface area contributed by atoms with Crippen molar-refractivity contribution < 1.29 is 9.47 Å². The van der Waals surface area contributed by atoms with Gasteiger partial charge in [0.25, 0.3) is 0 Å². The predicted molar refractivity (Wildman–Crippen MR) is 84.9 cm³/mol. The van der Waals surface area contributed by atoms with Gasteiger partial charge in [0.15, 0.2) is 0 Å². The summed E-state index contributed by atoms with van der Waals surface area (Å²) in [5.74, 6) is 1.67. The van der Waals surface area contributed by atoms with E-state index in [1.54, 1.807) is 7.11 Å². The Bertz CT molecular complexity index is 474. The van der Waals surface area contributed by atoms with E-state index in [0.29, 0.717) is 18.1 Å². The van der Waals surface area contributed by atoms with Crippen LogP contribution < -0.4 is 10.1 Å². The highest BCUT2D eigenvalue weighted by atomic mass is 16.5. The summed E-state index contributed by atoms with van der Waals surface area (Å²) in [6, 6.07) is 7.11. The van der Waals surface area contributed by atoms with Crippen LogP contribution in [0.25, 0.3) is 0 Å². The first-order chi connectivity index (χ1) is 10.3. The van der Waals surface area contributed by atoms with Gasteiger partial charge >= 0.3 is 0 Å². The van der Waals surface area contributed by atoms with Crippen LogP contribution in [0.3, 0.4) is 0 Å². The first-order valence-corrected chi connectivity index (χ1v) is 8.31. The van der Waals surface area contributed by atoms with Crippen molar-refractivity contribution in [1.82, 2.24) is 5.32 Å². The van der Waals surface area contributed by atoms with Gasteiger partial charge in [-0.15, -0.1) is 0 Å². The van der Waals surface area contributed by atoms with E-state index in [4.69, 9.17) is 9.47 Å². The molecule has 2 aliphatic rings. The van der Waals surface area contributed by atoms with Crippen molar-refractivity contribution in [3.05, 3.63) is 29.3 Å². The van der Waals surface area contributed by atoms with Gasteiger partial charge in [-0.05, 0) is 61.3 Å². The van der Waals surface area contributed by atoms with Crippen molar-refractivity contribution in [3.8, 4) is 5.75 Å². The molecule has 0 radical (unpaired) electrons. The maximum atomic E-state index is 5.78.